The fourth-order valence-corrected chi connectivity index (χ4v) is 2.22. The van der Waals surface area contributed by atoms with Crippen molar-refractivity contribution in [1.29, 1.82) is 0 Å². The van der Waals surface area contributed by atoms with Gasteiger partial charge in [-0.3, -0.25) is 0 Å². The number of aryl methyl sites for hydroxylation is 2. The molecule has 0 saturated carbocycles. The number of nitrogens with zero attached hydrogens (tertiary/aromatic N) is 1. The minimum Gasteiger partial charge on any atom is -0.389 e. The Kier molecular flexibility index (Phi) is 5.08. The van der Waals surface area contributed by atoms with Crippen molar-refractivity contribution in [2.45, 2.75) is 47.1 Å². The zero-order valence-electron chi connectivity index (χ0n) is 11.9. The highest BCUT2D eigenvalue weighted by Gasteiger charge is 2.16. The van der Waals surface area contributed by atoms with Gasteiger partial charge < -0.3 is 11.1 Å². The molecule has 100 valence electrons. The van der Waals surface area contributed by atoms with Crippen LogP contribution in [0.15, 0.2) is 6.07 Å². The Bertz CT molecular complexity index is 443. The monoisotopic (exact) mass is 265 g/mol. The Balaban J connectivity index is 3.11. The lowest BCUT2D eigenvalue weighted by Crippen LogP contribution is -2.26. The van der Waals surface area contributed by atoms with Gasteiger partial charge in [0.2, 0.25) is 0 Å². The van der Waals surface area contributed by atoms with Crippen molar-refractivity contribution in [3.63, 3.8) is 0 Å². The van der Waals surface area contributed by atoms with Gasteiger partial charge in [-0.05, 0) is 38.3 Å². The molecule has 0 aliphatic rings. The van der Waals surface area contributed by atoms with E-state index in [1.807, 2.05) is 19.9 Å². The molecule has 1 heterocycles. The van der Waals surface area contributed by atoms with Crippen LogP contribution in [0.2, 0.25) is 0 Å². The number of nitrogens with one attached hydrogen (secondary N) is 1. The third-order valence-corrected chi connectivity index (χ3v) is 3.66. The molecule has 2 unspecified atom stereocenters. The van der Waals surface area contributed by atoms with E-state index in [2.05, 4.69) is 31.1 Å². The number of pyridine rings is 1. The van der Waals surface area contributed by atoms with Crippen LogP contribution in [0.5, 0.6) is 0 Å². The Labute approximate surface area is 115 Å². The summed E-state index contributed by atoms with van der Waals surface area (Å²) in [6.07, 6.45) is 1.13. The Morgan fingerprint density at radius 3 is 2.56 bits per heavy atom. The molecule has 0 bridgehead atoms. The molecular formula is C14H23N3S. The molecule has 3 N–H and O–H groups in total. The van der Waals surface area contributed by atoms with Gasteiger partial charge in [0.25, 0.3) is 0 Å². The van der Waals surface area contributed by atoms with Crippen molar-refractivity contribution in [2.75, 3.05) is 5.32 Å². The minimum atomic E-state index is 0.344. The molecule has 1 aromatic rings. The van der Waals surface area contributed by atoms with E-state index in [4.69, 9.17) is 18.0 Å². The summed E-state index contributed by atoms with van der Waals surface area (Å²) in [7, 11) is 0. The van der Waals surface area contributed by atoms with Crippen LogP contribution in [0.3, 0.4) is 0 Å². The number of hydrogen-bond acceptors (Lipinski definition) is 3. The molecular weight excluding hydrogens is 242 g/mol. The first-order valence-electron chi connectivity index (χ1n) is 6.41. The molecule has 2 atom stereocenters. The maximum atomic E-state index is 5.80. The lowest BCUT2D eigenvalue weighted by molar-refractivity contribution is 0.493. The third kappa shape index (κ3) is 3.42. The summed E-state index contributed by atoms with van der Waals surface area (Å²) >= 11 is 5.13. The smallest absolute Gasteiger partial charge is 0.136 e. The minimum absolute atomic E-state index is 0.344. The average Bonchev–Trinajstić information content (AvgIpc) is 2.26. The second kappa shape index (κ2) is 6.14. The summed E-state index contributed by atoms with van der Waals surface area (Å²) < 4.78 is 0. The topological polar surface area (TPSA) is 50.9 Å². The van der Waals surface area contributed by atoms with Crippen molar-refractivity contribution in [3.05, 3.63) is 22.9 Å². The molecule has 4 heteroatoms. The lowest BCUT2D eigenvalue weighted by atomic mass is 10.0. The van der Waals surface area contributed by atoms with Crippen molar-refractivity contribution in [1.82, 2.24) is 4.98 Å². The fraction of sp³-hybridized carbons (Fsp3) is 0.571. The molecule has 0 saturated heterocycles. The van der Waals surface area contributed by atoms with Gasteiger partial charge in [-0.15, -0.1) is 0 Å². The molecule has 1 aromatic heterocycles. The summed E-state index contributed by atoms with van der Waals surface area (Å²) in [5.41, 5.74) is 8.72. The molecule has 1 rings (SSSR count). The highest BCUT2D eigenvalue weighted by atomic mass is 32.1. The van der Waals surface area contributed by atoms with Crippen LogP contribution < -0.4 is 11.1 Å². The average molecular weight is 265 g/mol. The van der Waals surface area contributed by atoms with Gasteiger partial charge in [-0.2, -0.15) is 0 Å². The van der Waals surface area contributed by atoms with E-state index in [0.29, 0.717) is 16.9 Å². The number of hydrogen-bond donors (Lipinski definition) is 2. The predicted molar refractivity (Wildman–Crippen MR) is 82.1 cm³/mol. The molecule has 0 aliphatic heterocycles. The summed E-state index contributed by atoms with van der Waals surface area (Å²) in [5.74, 6) is 1.39. The van der Waals surface area contributed by atoms with Gasteiger partial charge in [0.15, 0.2) is 0 Å². The number of nitrogens with two attached hydrogens (primary N) is 1. The van der Waals surface area contributed by atoms with Gasteiger partial charge >= 0.3 is 0 Å². The van der Waals surface area contributed by atoms with Crippen LogP contribution in [0.4, 0.5) is 5.82 Å². The predicted octanol–water partition coefficient (Wildman–Crippen LogP) is 3.18. The van der Waals surface area contributed by atoms with Gasteiger partial charge in [0, 0.05) is 11.7 Å². The van der Waals surface area contributed by atoms with Crippen LogP contribution in [0.1, 0.15) is 44.0 Å². The fourth-order valence-electron chi connectivity index (χ4n) is 1.96. The highest BCUT2D eigenvalue weighted by Crippen LogP contribution is 2.21. The van der Waals surface area contributed by atoms with Crippen LogP contribution in [-0.2, 0) is 0 Å². The van der Waals surface area contributed by atoms with Crippen molar-refractivity contribution in [2.24, 2.45) is 11.7 Å². The second-order valence-corrected chi connectivity index (χ2v) is 5.43. The molecule has 3 nitrogen and oxygen atoms in total. The van der Waals surface area contributed by atoms with E-state index in [-0.39, 0.29) is 0 Å². The first-order valence-corrected chi connectivity index (χ1v) is 6.82. The second-order valence-electron chi connectivity index (χ2n) is 4.99. The van der Waals surface area contributed by atoms with E-state index in [1.165, 1.54) is 0 Å². The molecule has 0 amide bonds. The maximum Gasteiger partial charge on any atom is 0.136 e. The molecule has 18 heavy (non-hydrogen) atoms. The molecule has 0 radical (unpaired) electrons. The Morgan fingerprint density at radius 2 is 2.06 bits per heavy atom. The summed E-state index contributed by atoms with van der Waals surface area (Å²) in [6.45, 7) is 10.6. The number of thiocarbonyl (C=S) groups is 1. The van der Waals surface area contributed by atoms with Gasteiger partial charge in [-0.1, -0.05) is 32.5 Å². The number of aromatic nitrogens is 1. The van der Waals surface area contributed by atoms with Crippen molar-refractivity contribution >= 4 is 23.0 Å². The zero-order valence-corrected chi connectivity index (χ0v) is 12.7. The summed E-state index contributed by atoms with van der Waals surface area (Å²) in [6, 6.07) is 2.35. The number of anilines is 1. The number of rotatable bonds is 5. The normalized spacial score (nSPS) is 14.1. The standard InChI is InChI=1S/C14H23N3S/c1-6-8(2)11(5)17-14-12(13(15)18)9(3)7-10(4)16-14/h7-8,11H,6H2,1-5H3,(H2,15,18)(H,16,17). The van der Waals surface area contributed by atoms with Gasteiger partial charge in [-0.25, -0.2) is 4.98 Å². The Hall–Kier alpha value is -1.16. The summed E-state index contributed by atoms with van der Waals surface area (Å²) in [5, 5.41) is 3.45. The largest absolute Gasteiger partial charge is 0.389 e. The van der Waals surface area contributed by atoms with Crippen LogP contribution in [-0.4, -0.2) is 16.0 Å². The lowest BCUT2D eigenvalue weighted by Gasteiger charge is -2.23. The van der Waals surface area contributed by atoms with Crippen LogP contribution in [0.25, 0.3) is 0 Å². The molecule has 0 aliphatic carbocycles. The first kappa shape index (κ1) is 14.9. The molecule has 0 aromatic carbocycles. The van der Waals surface area contributed by atoms with E-state index in [9.17, 15) is 0 Å². The van der Waals surface area contributed by atoms with Crippen molar-refractivity contribution in [3.8, 4) is 0 Å². The maximum absolute atomic E-state index is 5.80. The van der Waals surface area contributed by atoms with Crippen LogP contribution in [0, 0.1) is 19.8 Å². The van der Waals surface area contributed by atoms with E-state index < -0.39 is 0 Å². The van der Waals surface area contributed by atoms with Crippen molar-refractivity contribution < 1.29 is 0 Å². The Morgan fingerprint density at radius 1 is 1.44 bits per heavy atom. The van der Waals surface area contributed by atoms with Gasteiger partial charge in [0.1, 0.15) is 10.8 Å². The molecule has 0 spiro atoms. The van der Waals surface area contributed by atoms with E-state index in [1.54, 1.807) is 0 Å². The van der Waals surface area contributed by atoms with E-state index in [0.717, 1.165) is 29.1 Å². The molecule has 0 fully saturated rings. The van der Waals surface area contributed by atoms with Gasteiger partial charge in [0.05, 0.1) is 5.56 Å². The third-order valence-electron chi connectivity index (χ3n) is 3.45. The van der Waals surface area contributed by atoms with Crippen LogP contribution >= 0.6 is 12.2 Å². The first-order chi connectivity index (χ1) is 8.36. The SMILES string of the molecule is CCC(C)C(C)Nc1nc(C)cc(C)c1C(N)=S. The van der Waals surface area contributed by atoms with E-state index >= 15 is 0 Å². The summed E-state index contributed by atoms with van der Waals surface area (Å²) in [4.78, 5) is 4.93. The zero-order chi connectivity index (χ0) is 13.9. The quantitative estimate of drug-likeness (QED) is 0.803. The highest BCUT2D eigenvalue weighted by molar-refractivity contribution is 7.80.